The largest absolute Gasteiger partial charge is 0.454 e. The lowest BCUT2D eigenvalue weighted by Crippen LogP contribution is -2.32. The van der Waals surface area contributed by atoms with Crippen LogP contribution in [0.2, 0.25) is 0 Å². The van der Waals surface area contributed by atoms with Crippen molar-refractivity contribution in [3.05, 3.63) is 64.7 Å². The van der Waals surface area contributed by atoms with Gasteiger partial charge >= 0.3 is 12.1 Å². The van der Waals surface area contributed by atoms with Gasteiger partial charge in [-0.1, -0.05) is 12.1 Å². The fraction of sp³-hybridized carbons (Fsp3) is 0.250. The average Bonchev–Trinajstić information content (AvgIpc) is 2.67. The predicted octanol–water partition coefficient (Wildman–Crippen LogP) is 3.23. The van der Waals surface area contributed by atoms with Crippen LogP contribution in [0.4, 0.5) is 18.9 Å². The zero-order valence-electron chi connectivity index (χ0n) is 15.7. The van der Waals surface area contributed by atoms with Crippen LogP contribution in [0.25, 0.3) is 0 Å². The molecule has 0 unspecified atom stereocenters. The van der Waals surface area contributed by atoms with Gasteiger partial charge in [0.15, 0.2) is 6.61 Å². The van der Waals surface area contributed by atoms with Crippen molar-refractivity contribution in [1.82, 2.24) is 5.32 Å². The Bertz CT molecular complexity index is 909. The second-order valence-corrected chi connectivity index (χ2v) is 6.21. The first kappa shape index (κ1) is 21.9. The van der Waals surface area contributed by atoms with E-state index in [9.17, 15) is 27.6 Å². The van der Waals surface area contributed by atoms with E-state index in [2.05, 4.69) is 10.6 Å². The molecule has 2 N–H and O–H groups in total. The molecule has 0 radical (unpaired) electrons. The SMILES string of the molecule is Cc1cccc(NC(=O)COC(=O)CNC(=O)c2ccc(C(F)(F)F)cc2)c1C. The van der Waals surface area contributed by atoms with Crippen LogP contribution < -0.4 is 10.6 Å². The minimum absolute atomic E-state index is 0.0431. The monoisotopic (exact) mass is 408 g/mol. The number of amides is 2. The third-order valence-electron chi connectivity index (χ3n) is 4.11. The Morgan fingerprint density at radius 1 is 1.00 bits per heavy atom. The van der Waals surface area contributed by atoms with Crippen LogP contribution in [-0.4, -0.2) is 30.9 Å². The molecule has 2 rings (SSSR count). The molecule has 2 amide bonds. The second kappa shape index (κ2) is 9.22. The molecule has 0 atom stereocenters. The molecule has 2 aromatic rings. The molecule has 0 aliphatic rings. The standard InChI is InChI=1S/C20H19F3N2O4/c1-12-4-3-5-16(13(12)2)25-17(26)11-29-18(27)10-24-19(28)14-6-8-15(9-7-14)20(21,22)23/h3-9H,10-11H2,1-2H3,(H,24,28)(H,25,26). The summed E-state index contributed by atoms with van der Waals surface area (Å²) < 4.78 is 42.3. The van der Waals surface area contributed by atoms with Crippen LogP contribution in [-0.2, 0) is 20.5 Å². The van der Waals surface area contributed by atoms with Gasteiger partial charge in [0.1, 0.15) is 6.54 Å². The number of aryl methyl sites for hydroxylation is 1. The number of halogens is 3. The fourth-order valence-corrected chi connectivity index (χ4v) is 2.33. The van der Waals surface area contributed by atoms with E-state index in [0.717, 1.165) is 35.4 Å². The van der Waals surface area contributed by atoms with Crippen LogP contribution in [0.3, 0.4) is 0 Å². The van der Waals surface area contributed by atoms with E-state index in [4.69, 9.17) is 4.74 Å². The third-order valence-corrected chi connectivity index (χ3v) is 4.11. The highest BCUT2D eigenvalue weighted by Crippen LogP contribution is 2.29. The Morgan fingerprint density at radius 3 is 2.28 bits per heavy atom. The van der Waals surface area contributed by atoms with Crippen molar-refractivity contribution < 1.29 is 32.3 Å². The zero-order valence-corrected chi connectivity index (χ0v) is 15.7. The third kappa shape index (κ3) is 6.34. The molecule has 0 aliphatic carbocycles. The van der Waals surface area contributed by atoms with Gasteiger partial charge in [-0.3, -0.25) is 14.4 Å². The van der Waals surface area contributed by atoms with Crippen LogP contribution in [0.15, 0.2) is 42.5 Å². The Balaban J connectivity index is 1.78. The Labute approximate surface area is 165 Å². The smallest absolute Gasteiger partial charge is 0.416 e. The van der Waals surface area contributed by atoms with E-state index < -0.39 is 42.7 Å². The number of ether oxygens (including phenoxy) is 1. The number of rotatable bonds is 6. The molecule has 0 saturated heterocycles. The van der Waals surface area contributed by atoms with Gasteiger partial charge in [-0.2, -0.15) is 13.2 Å². The summed E-state index contributed by atoms with van der Waals surface area (Å²) in [6.07, 6.45) is -4.50. The van der Waals surface area contributed by atoms with Gasteiger partial charge in [-0.15, -0.1) is 0 Å². The van der Waals surface area contributed by atoms with E-state index in [0.29, 0.717) is 5.69 Å². The molecule has 2 aromatic carbocycles. The summed E-state index contributed by atoms with van der Waals surface area (Å²) in [6.45, 7) is 2.66. The number of nitrogens with one attached hydrogen (secondary N) is 2. The van der Waals surface area contributed by atoms with Crippen LogP contribution in [0, 0.1) is 13.8 Å². The lowest BCUT2D eigenvalue weighted by atomic mass is 10.1. The maximum Gasteiger partial charge on any atom is 0.416 e. The first-order chi connectivity index (χ1) is 13.6. The number of carbonyl (C=O) groups is 3. The highest BCUT2D eigenvalue weighted by molar-refractivity contribution is 5.96. The summed E-state index contributed by atoms with van der Waals surface area (Å²) in [6, 6.07) is 8.93. The second-order valence-electron chi connectivity index (χ2n) is 6.21. The van der Waals surface area contributed by atoms with E-state index in [-0.39, 0.29) is 5.56 Å². The molecule has 29 heavy (non-hydrogen) atoms. The number of carbonyl (C=O) groups excluding carboxylic acids is 3. The molecule has 0 aliphatic heterocycles. The van der Waals surface area contributed by atoms with E-state index in [1.165, 1.54) is 0 Å². The molecule has 0 fully saturated rings. The zero-order chi connectivity index (χ0) is 21.6. The average molecular weight is 408 g/mol. The molecule has 154 valence electrons. The van der Waals surface area contributed by atoms with Crippen molar-refractivity contribution in [3.8, 4) is 0 Å². The van der Waals surface area contributed by atoms with Gasteiger partial charge in [-0.05, 0) is 55.3 Å². The minimum Gasteiger partial charge on any atom is -0.454 e. The first-order valence-corrected chi connectivity index (χ1v) is 8.55. The van der Waals surface area contributed by atoms with Crippen molar-refractivity contribution in [3.63, 3.8) is 0 Å². The number of benzene rings is 2. The Hall–Kier alpha value is -3.36. The van der Waals surface area contributed by atoms with Gasteiger partial charge in [0.05, 0.1) is 5.56 Å². The number of esters is 1. The molecule has 9 heteroatoms. The first-order valence-electron chi connectivity index (χ1n) is 8.55. The Kier molecular flexibility index (Phi) is 6.98. The van der Waals surface area contributed by atoms with Gasteiger partial charge in [-0.25, -0.2) is 0 Å². The summed E-state index contributed by atoms with van der Waals surface area (Å²) >= 11 is 0. The summed E-state index contributed by atoms with van der Waals surface area (Å²) in [5.74, 6) is -2.14. The van der Waals surface area contributed by atoms with E-state index in [1.54, 1.807) is 12.1 Å². The predicted molar refractivity (Wildman–Crippen MR) is 99.3 cm³/mol. The molecule has 0 bridgehead atoms. The van der Waals surface area contributed by atoms with Crippen molar-refractivity contribution in [2.24, 2.45) is 0 Å². The molecular weight excluding hydrogens is 389 g/mol. The maximum atomic E-state index is 12.5. The van der Waals surface area contributed by atoms with Crippen molar-refractivity contribution >= 4 is 23.5 Å². The quantitative estimate of drug-likeness (QED) is 0.719. The molecule has 0 spiro atoms. The van der Waals surface area contributed by atoms with Crippen molar-refractivity contribution in [2.45, 2.75) is 20.0 Å². The van der Waals surface area contributed by atoms with Gasteiger partial charge in [0.25, 0.3) is 11.8 Å². The normalized spacial score (nSPS) is 10.9. The minimum atomic E-state index is -4.50. The molecule has 0 heterocycles. The maximum absolute atomic E-state index is 12.5. The van der Waals surface area contributed by atoms with Crippen LogP contribution >= 0.6 is 0 Å². The number of anilines is 1. The van der Waals surface area contributed by atoms with E-state index in [1.807, 2.05) is 19.9 Å². The van der Waals surface area contributed by atoms with Crippen LogP contribution in [0.1, 0.15) is 27.0 Å². The number of hydrogen-bond acceptors (Lipinski definition) is 4. The summed E-state index contributed by atoms with van der Waals surface area (Å²) in [5, 5.41) is 4.84. The lowest BCUT2D eigenvalue weighted by molar-refractivity contribution is -0.146. The van der Waals surface area contributed by atoms with Gasteiger partial charge < -0.3 is 15.4 Å². The van der Waals surface area contributed by atoms with Gasteiger partial charge in [0.2, 0.25) is 0 Å². The van der Waals surface area contributed by atoms with Crippen molar-refractivity contribution in [1.29, 1.82) is 0 Å². The molecule has 0 saturated carbocycles. The topological polar surface area (TPSA) is 84.5 Å². The summed E-state index contributed by atoms with van der Waals surface area (Å²) in [7, 11) is 0. The summed E-state index contributed by atoms with van der Waals surface area (Å²) in [4.78, 5) is 35.4. The molecule has 6 nitrogen and oxygen atoms in total. The number of hydrogen-bond donors (Lipinski definition) is 2. The fourth-order valence-electron chi connectivity index (χ4n) is 2.33. The highest BCUT2D eigenvalue weighted by atomic mass is 19.4. The Morgan fingerprint density at radius 2 is 1.66 bits per heavy atom. The van der Waals surface area contributed by atoms with Gasteiger partial charge in [0, 0.05) is 11.3 Å². The van der Waals surface area contributed by atoms with Crippen molar-refractivity contribution in [2.75, 3.05) is 18.5 Å². The molecular formula is C20H19F3N2O4. The highest BCUT2D eigenvalue weighted by Gasteiger charge is 2.30. The lowest BCUT2D eigenvalue weighted by Gasteiger charge is -2.11. The number of alkyl halides is 3. The van der Waals surface area contributed by atoms with Crippen LogP contribution in [0.5, 0.6) is 0 Å². The molecule has 0 aromatic heterocycles. The summed E-state index contributed by atoms with van der Waals surface area (Å²) in [5.41, 5.74) is 1.55. The van der Waals surface area contributed by atoms with E-state index >= 15 is 0 Å².